The fourth-order valence-corrected chi connectivity index (χ4v) is 2.73. The van der Waals surface area contributed by atoms with Crippen LogP contribution in [0.1, 0.15) is 66.2 Å². The first-order chi connectivity index (χ1) is 6.96. The van der Waals surface area contributed by atoms with Crippen molar-refractivity contribution in [3.63, 3.8) is 0 Å². The zero-order valence-electron chi connectivity index (χ0n) is 10.8. The van der Waals surface area contributed by atoms with E-state index >= 15 is 0 Å². The first kappa shape index (κ1) is 12.7. The van der Waals surface area contributed by atoms with E-state index in [9.17, 15) is 4.79 Å². The van der Waals surface area contributed by atoms with E-state index < -0.39 is 0 Å². The van der Waals surface area contributed by atoms with Gasteiger partial charge in [0.1, 0.15) is 5.78 Å². The lowest BCUT2D eigenvalue weighted by Crippen LogP contribution is -2.36. The summed E-state index contributed by atoms with van der Waals surface area (Å²) in [4.78, 5) is 12.3. The molecule has 1 nitrogen and oxygen atoms in total. The second-order valence-corrected chi connectivity index (χ2v) is 6.09. The number of unbranched alkanes of at least 4 members (excludes halogenated alkanes) is 1. The van der Waals surface area contributed by atoms with E-state index in [0.717, 1.165) is 19.3 Å². The van der Waals surface area contributed by atoms with E-state index in [-0.39, 0.29) is 5.41 Å². The second-order valence-electron chi connectivity index (χ2n) is 6.09. The molecule has 0 aromatic heterocycles. The molecular weight excluding hydrogens is 184 g/mol. The predicted octanol–water partition coefficient (Wildman–Crippen LogP) is 4.21. The normalized spacial score (nSPS) is 28.1. The van der Waals surface area contributed by atoms with E-state index in [1.54, 1.807) is 0 Å². The molecule has 1 aliphatic carbocycles. The summed E-state index contributed by atoms with van der Waals surface area (Å²) in [5.41, 5.74) is 0.169. The van der Waals surface area contributed by atoms with Gasteiger partial charge in [-0.1, -0.05) is 47.0 Å². The maximum atomic E-state index is 12.3. The Morgan fingerprint density at radius 2 is 1.93 bits per heavy atom. The minimum absolute atomic E-state index is 0.169. The van der Waals surface area contributed by atoms with Gasteiger partial charge in [0.2, 0.25) is 0 Å². The highest BCUT2D eigenvalue weighted by Crippen LogP contribution is 2.39. The summed E-state index contributed by atoms with van der Waals surface area (Å²) in [5.74, 6) is 1.25. The minimum Gasteiger partial charge on any atom is -0.299 e. The van der Waals surface area contributed by atoms with Crippen LogP contribution in [0.15, 0.2) is 0 Å². The molecule has 1 rings (SSSR count). The van der Waals surface area contributed by atoms with Gasteiger partial charge in [0, 0.05) is 11.8 Å². The van der Waals surface area contributed by atoms with Crippen molar-refractivity contribution in [2.45, 2.75) is 66.2 Å². The molecule has 0 amide bonds. The monoisotopic (exact) mass is 210 g/mol. The summed E-state index contributed by atoms with van der Waals surface area (Å²) in [6.45, 7) is 8.82. The standard InChI is InChI=1S/C14H26O/c1-5-6-8-11-9-7-10-12(13(11)15)14(2,3)4/h11-12H,5-10H2,1-4H3. The van der Waals surface area contributed by atoms with Crippen LogP contribution in [0, 0.1) is 17.3 Å². The summed E-state index contributed by atoms with van der Waals surface area (Å²) >= 11 is 0. The van der Waals surface area contributed by atoms with Crippen molar-refractivity contribution in [1.82, 2.24) is 0 Å². The van der Waals surface area contributed by atoms with Crippen LogP contribution in [0.25, 0.3) is 0 Å². The predicted molar refractivity (Wildman–Crippen MR) is 64.8 cm³/mol. The number of carbonyl (C=O) groups excluding carboxylic acids is 1. The van der Waals surface area contributed by atoms with E-state index in [1.807, 2.05) is 0 Å². The summed E-state index contributed by atoms with van der Waals surface area (Å²) in [5, 5.41) is 0. The Morgan fingerprint density at radius 3 is 2.47 bits per heavy atom. The van der Waals surface area contributed by atoms with Crippen LogP contribution >= 0.6 is 0 Å². The molecule has 1 heteroatoms. The lowest BCUT2D eigenvalue weighted by molar-refractivity contribution is -0.133. The molecule has 15 heavy (non-hydrogen) atoms. The number of carbonyl (C=O) groups is 1. The quantitative estimate of drug-likeness (QED) is 0.682. The Balaban J connectivity index is 2.59. The van der Waals surface area contributed by atoms with Crippen LogP contribution in [-0.2, 0) is 4.79 Å². The maximum absolute atomic E-state index is 12.3. The van der Waals surface area contributed by atoms with Crippen molar-refractivity contribution in [2.75, 3.05) is 0 Å². The van der Waals surface area contributed by atoms with Crippen molar-refractivity contribution < 1.29 is 4.79 Å². The van der Waals surface area contributed by atoms with Crippen LogP contribution in [0.4, 0.5) is 0 Å². The third kappa shape index (κ3) is 3.32. The van der Waals surface area contributed by atoms with Gasteiger partial charge in [-0.3, -0.25) is 4.79 Å². The number of Topliss-reactive ketones (excluding diaryl/α,β-unsaturated/α-hetero) is 1. The number of rotatable bonds is 3. The molecule has 1 saturated carbocycles. The highest BCUT2D eigenvalue weighted by atomic mass is 16.1. The molecule has 0 bridgehead atoms. The third-order valence-corrected chi connectivity index (χ3v) is 3.74. The average Bonchev–Trinajstić information content (AvgIpc) is 2.14. The van der Waals surface area contributed by atoms with Crippen molar-refractivity contribution in [2.24, 2.45) is 17.3 Å². The van der Waals surface area contributed by atoms with Crippen LogP contribution in [0.5, 0.6) is 0 Å². The molecule has 2 unspecified atom stereocenters. The summed E-state index contributed by atoms with van der Waals surface area (Å²) < 4.78 is 0. The molecule has 0 radical (unpaired) electrons. The minimum atomic E-state index is 0.169. The molecule has 0 spiro atoms. The molecule has 0 saturated heterocycles. The molecule has 2 atom stereocenters. The van der Waals surface area contributed by atoms with Gasteiger partial charge in [0.25, 0.3) is 0 Å². The summed E-state index contributed by atoms with van der Waals surface area (Å²) in [6.07, 6.45) is 7.07. The summed E-state index contributed by atoms with van der Waals surface area (Å²) in [7, 11) is 0. The van der Waals surface area contributed by atoms with Crippen LogP contribution in [0.3, 0.4) is 0 Å². The van der Waals surface area contributed by atoms with Gasteiger partial charge in [0.15, 0.2) is 0 Å². The highest BCUT2D eigenvalue weighted by molar-refractivity contribution is 5.84. The first-order valence-electron chi connectivity index (χ1n) is 6.50. The number of hydrogen-bond donors (Lipinski definition) is 0. The summed E-state index contributed by atoms with van der Waals surface area (Å²) in [6, 6.07) is 0. The van der Waals surface area contributed by atoms with E-state index in [0.29, 0.717) is 17.6 Å². The molecule has 0 aromatic rings. The zero-order valence-corrected chi connectivity index (χ0v) is 10.8. The van der Waals surface area contributed by atoms with Gasteiger partial charge in [-0.25, -0.2) is 0 Å². The van der Waals surface area contributed by atoms with Gasteiger partial charge < -0.3 is 0 Å². The second kappa shape index (κ2) is 5.14. The Bertz CT molecular complexity index is 212. The van der Waals surface area contributed by atoms with Gasteiger partial charge in [-0.15, -0.1) is 0 Å². The fraction of sp³-hybridized carbons (Fsp3) is 0.929. The topological polar surface area (TPSA) is 17.1 Å². The highest BCUT2D eigenvalue weighted by Gasteiger charge is 2.37. The van der Waals surface area contributed by atoms with E-state index in [1.165, 1.54) is 19.3 Å². The smallest absolute Gasteiger partial charge is 0.139 e. The Morgan fingerprint density at radius 1 is 1.27 bits per heavy atom. The largest absolute Gasteiger partial charge is 0.299 e. The molecule has 1 fully saturated rings. The van der Waals surface area contributed by atoms with Crippen LogP contribution in [-0.4, -0.2) is 5.78 Å². The van der Waals surface area contributed by atoms with Crippen molar-refractivity contribution in [1.29, 1.82) is 0 Å². The van der Waals surface area contributed by atoms with Gasteiger partial charge >= 0.3 is 0 Å². The first-order valence-corrected chi connectivity index (χ1v) is 6.50. The Hall–Kier alpha value is -0.330. The van der Waals surface area contributed by atoms with Gasteiger partial charge in [0.05, 0.1) is 0 Å². The van der Waals surface area contributed by atoms with E-state index in [2.05, 4.69) is 27.7 Å². The van der Waals surface area contributed by atoms with Crippen molar-refractivity contribution >= 4 is 5.78 Å². The maximum Gasteiger partial charge on any atom is 0.139 e. The van der Waals surface area contributed by atoms with Gasteiger partial charge in [-0.05, 0) is 24.7 Å². The van der Waals surface area contributed by atoms with Crippen molar-refractivity contribution in [3.05, 3.63) is 0 Å². The SMILES string of the molecule is CCCCC1CCCC(C(C)(C)C)C1=O. The molecule has 1 aliphatic rings. The number of ketones is 1. The molecule has 0 aromatic carbocycles. The van der Waals surface area contributed by atoms with Crippen LogP contribution in [0.2, 0.25) is 0 Å². The lowest BCUT2D eigenvalue weighted by atomic mass is 9.67. The Kier molecular flexibility index (Phi) is 4.36. The third-order valence-electron chi connectivity index (χ3n) is 3.74. The fourth-order valence-electron chi connectivity index (χ4n) is 2.73. The molecule has 0 N–H and O–H groups in total. The number of hydrogen-bond acceptors (Lipinski definition) is 1. The molecule has 0 heterocycles. The average molecular weight is 210 g/mol. The lowest BCUT2D eigenvalue weighted by Gasteiger charge is -2.36. The van der Waals surface area contributed by atoms with Crippen LogP contribution < -0.4 is 0 Å². The Labute approximate surface area is 94.6 Å². The van der Waals surface area contributed by atoms with Crippen molar-refractivity contribution in [3.8, 4) is 0 Å². The van der Waals surface area contributed by atoms with Gasteiger partial charge in [-0.2, -0.15) is 0 Å². The molecular formula is C14H26O. The van der Waals surface area contributed by atoms with E-state index in [4.69, 9.17) is 0 Å². The zero-order chi connectivity index (χ0) is 11.5. The molecule has 0 aliphatic heterocycles. The molecule has 88 valence electrons.